The Kier molecular flexibility index (Phi) is 3.46. The fourth-order valence-corrected chi connectivity index (χ4v) is 1.12. The maximum Gasteiger partial charge on any atom is 0.0713 e. The molecule has 0 aliphatic carbocycles. The van der Waals surface area contributed by atoms with Crippen LogP contribution < -0.4 is 0 Å². The monoisotopic (exact) mass is 168 g/mol. The van der Waals surface area contributed by atoms with Crippen molar-refractivity contribution in [1.29, 1.82) is 0 Å². The lowest BCUT2D eigenvalue weighted by molar-refractivity contribution is 0.185. The van der Waals surface area contributed by atoms with Gasteiger partial charge in [-0.1, -0.05) is 24.3 Å². The Bertz CT molecular complexity index is 205. The highest BCUT2D eigenvalue weighted by molar-refractivity contribution is 7.79. The molecule has 0 heterocycles. The first-order valence-electron chi connectivity index (χ1n) is 3.54. The van der Waals surface area contributed by atoms with Gasteiger partial charge in [0, 0.05) is 12.9 Å². The van der Waals surface area contributed by atoms with E-state index in [-0.39, 0.29) is 0 Å². The minimum absolute atomic E-state index is 0.687. The summed E-state index contributed by atoms with van der Waals surface area (Å²) in [6, 6.07) is 8.27. The number of rotatable bonds is 3. The van der Waals surface area contributed by atoms with Crippen molar-refractivity contribution in [2.45, 2.75) is 12.4 Å². The lowest BCUT2D eigenvalue weighted by Crippen LogP contribution is -1.87. The minimum Gasteiger partial charge on any atom is -0.380 e. The van der Waals surface area contributed by atoms with Crippen molar-refractivity contribution in [2.24, 2.45) is 0 Å². The highest BCUT2D eigenvalue weighted by Crippen LogP contribution is 2.06. The normalized spacial score (nSPS) is 10.0. The molecule has 0 amide bonds. The van der Waals surface area contributed by atoms with Crippen LogP contribution in [0.5, 0.6) is 0 Å². The molecule has 0 saturated carbocycles. The Morgan fingerprint density at radius 2 is 1.73 bits per heavy atom. The second-order valence-electron chi connectivity index (χ2n) is 2.41. The van der Waals surface area contributed by atoms with E-state index in [2.05, 4.69) is 36.9 Å². The molecule has 0 spiro atoms. The van der Waals surface area contributed by atoms with Crippen LogP contribution in [0.2, 0.25) is 0 Å². The molecule has 0 radical (unpaired) electrons. The zero-order valence-corrected chi connectivity index (χ0v) is 7.47. The van der Waals surface area contributed by atoms with Crippen molar-refractivity contribution in [3.63, 3.8) is 0 Å². The van der Waals surface area contributed by atoms with Crippen molar-refractivity contribution >= 4 is 12.6 Å². The lowest BCUT2D eigenvalue weighted by Gasteiger charge is -1.99. The van der Waals surface area contributed by atoms with Crippen LogP contribution in [-0.4, -0.2) is 7.11 Å². The number of hydrogen-bond acceptors (Lipinski definition) is 2. The van der Waals surface area contributed by atoms with Crippen molar-refractivity contribution < 1.29 is 4.74 Å². The van der Waals surface area contributed by atoms with Gasteiger partial charge in [-0.2, -0.15) is 12.6 Å². The van der Waals surface area contributed by atoms with Gasteiger partial charge >= 0.3 is 0 Å². The molecule has 0 bridgehead atoms. The SMILES string of the molecule is COCc1ccc(CS)cc1. The van der Waals surface area contributed by atoms with Gasteiger partial charge < -0.3 is 4.74 Å². The molecule has 1 aromatic rings. The molecule has 1 aromatic carbocycles. The topological polar surface area (TPSA) is 9.23 Å². The summed E-state index contributed by atoms with van der Waals surface area (Å²) in [5.41, 5.74) is 2.45. The van der Waals surface area contributed by atoms with Crippen molar-refractivity contribution in [3.8, 4) is 0 Å². The molecule has 2 heteroatoms. The largest absolute Gasteiger partial charge is 0.380 e. The van der Waals surface area contributed by atoms with Crippen LogP contribution in [0, 0.1) is 0 Å². The van der Waals surface area contributed by atoms with Crippen LogP contribution in [0.25, 0.3) is 0 Å². The number of hydrogen-bond donors (Lipinski definition) is 1. The zero-order valence-electron chi connectivity index (χ0n) is 6.58. The van der Waals surface area contributed by atoms with Crippen LogP contribution in [-0.2, 0) is 17.1 Å². The molecule has 60 valence electrons. The number of methoxy groups -OCH3 is 1. The number of thiol groups is 1. The Balaban J connectivity index is 2.66. The minimum atomic E-state index is 0.687. The number of benzene rings is 1. The van der Waals surface area contributed by atoms with Crippen LogP contribution in [0.3, 0.4) is 0 Å². The summed E-state index contributed by atoms with van der Waals surface area (Å²) in [6.45, 7) is 0.687. The van der Waals surface area contributed by atoms with E-state index in [4.69, 9.17) is 4.74 Å². The molecule has 0 aliphatic rings. The predicted octanol–water partition coefficient (Wildman–Crippen LogP) is 2.26. The van der Waals surface area contributed by atoms with Crippen LogP contribution >= 0.6 is 12.6 Å². The Morgan fingerprint density at radius 3 is 2.18 bits per heavy atom. The predicted molar refractivity (Wildman–Crippen MR) is 49.8 cm³/mol. The van der Waals surface area contributed by atoms with Gasteiger partial charge in [-0.05, 0) is 11.1 Å². The summed E-state index contributed by atoms with van der Waals surface area (Å²) < 4.78 is 4.98. The van der Waals surface area contributed by atoms with Crippen molar-refractivity contribution in [1.82, 2.24) is 0 Å². The van der Waals surface area contributed by atoms with E-state index in [9.17, 15) is 0 Å². The van der Waals surface area contributed by atoms with E-state index in [0.29, 0.717) is 6.61 Å². The van der Waals surface area contributed by atoms with Gasteiger partial charge in [-0.25, -0.2) is 0 Å². The highest BCUT2D eigenvalue weighted by Gasteiger charge is 1.91. The third-order valence-corrected chi connectivity index (χ3v) is 1.88. The maximum atomic E-state index is 4.98. The standard InChI is InChI=1S/C9H12OS/c1-10-6-8-2-4-9(7-11)5-3-8/h2-5,11H,6-7H2,1H3. The summed E-state index contributed by atoms with van der Waals surface area (Å²) in [7, 11) is 1.70. The van der Waals surface area contributed by atoms with Gasteiger partial charge in [0.2, 0.25) is 0 Å². The molecule has 1 rings (SSSR count). The molecular formula is C9H12OS. The summed E-state index contributed by atoms with van der Waals surface area (Å²) in [6.07, 6.45) is 0. The third-order valence-electron chi connectivity index (χ3n) is 1.52. The Labute approximate surface area is 72.8 Å². The van der Waals surface area contributed by atoms with E-state index in [0.717, 1.165) is 5.75 Å². The molecular weight excluding hydrogens is 156 g/mol. The van der Waals surface area contributed by atoms with Gasteiger partial charge in [-0.15, -0.1) is 0 Å². The molecule has 0 N–H and O–H groups in total. The zero-order chi connectivity index (χ0) is 8.10. The average molecular weight is 168 g/mol. The average Bonchev–Trinajstić information content (AvgIpc) is 2.07. The van der Waals surface area contributed by atoms with E-state index >= 15 is 0 Å². The maximum absolute atomic E-state index is 4.98. The van der Waals surface area contributed by atoms with E-state index in [1.54, 1.807) is 7.11 Å². The van der Waals surface area contributed by atoms with Crippen LogP contribution in [0.15, 0.2) is 24.3 Å². The van der Waals surface area contributed by atoms with E-state index < -0.39 is 0 Å². The number of ether oxygens (including phenoxy) is 1. The van der Waals surface area contributed by atoms with E-state index in [1.165, 1.54) is 11.1 Å². The highest BCUT2D eigenvalue weighted by atomic mass is 32.1. The Hall–Kier alpha value is -0.470. The first-order valence-corrected chi connectivity index (χ1v) is 4.17. The summed E-state index contributed by atoms with van der Waals surface area (Å²) in [4.78, 5) is 0. The second kappa shape index (κ2) is 4.42. The van der Waals surface area contributed by atoms with Gasteiger partial charge in [0.15, 0.2) is 0 Å². The molecule has 0 unspecified atom stereocenters. The molecule has 0 atom stereocenters. The second-order valence-corrected chi connectivity index (χ2v) is 2.72. The molecule has 11 heavy (non-hydrogen) atoms. The van der Waals surface area contributed by atoms with Crippen molar-refractivity contribution in [2.75, 3.05) is 7.11 Å². The fraction of sp³-hybridized carbons (Fsp3) is 0.333. The van der Waals surface area contributed by atoms with Gasteiger partial charge in [0.25, 0.3) is 0 Å². The van der Waals surface area contributed by atoms with Crippen molar-refractivity contribution in [3.05, 3.63) is 35.4 Å². The fourth-order valence-electron chi connectivity index (χ4n) is 0.908. The van der Waals surface area contributed by atoms with Crippen LogP contribution in [0.1, 0.15) is 11.1 Å². The smallest absolute Gasteiger partial charge is 0.0713 e. The summed E-state index contributed by atoms with van der Waals surface area (Å²) >= 11 is 4.17. The molecule has 1 nitrogen and oxygen atoms in total. The first-order chi connectivity index (χ1) is 5.36. The van der Waals surface area contributed by atoms with Gasteiger partial charge in [0.1, 0.15) is 0 Å². The first kappa shape index (κ1) is 8.62. The molecule has 0 fully saturated rings. The van der Waals surface area contributed by atoms with Gasteiger partial charge in [0.05, 0.1) is 6.61 Å². The van der Waals surface area contributed by atoms with Gasteiger partial charge in [-0.3, -0.25) is 0 Å². The Morgan fingerprint density at radius 1 is 1.18 bits per heavy atom. The molecule has 0 aromatic heterocycles. The summed E-state index contributed by atoms with van der Waals surface area (Å²) in [5, 5.41) is 0. The van der Waals surface area contributed by atoms with E-state index in [1.807, 2.05) is 0 Å². The molecule has 0 aliphatic heterocycles. The lowest BCUT2D eigenvalue weighted by atomic mass is 10.2. The third kappa shape index (κ3) is 2.56. The van der Waals surface area contributed by atoms with Crippen LogP contribution in [0.4, 0.5) is 0 Å². The summed E-state index contributed by atoms with van der Waals surface area (Å²) in [5.74, 6) is 0.799. The molecule has 0 saturated heterocycles. The quantitative estimate of drug-likeness (QED) is 0.681.